The Morgan fingerprint density at radius 1 is 1.16 bits per heavy atom. The minimum Gasteiger partial charge on any atom is -0.330 e. The summed E-state index contributed by atoms with van der Waals surface area (Å²) < 4.78 is 0. The van der Waals surface area contributed by atoms with Gasteiger partial charge in [0.25, 0.3) is 5.91 Å². The topological polar surface area (TPSA) is 46.1 Å². The third-order valence-corrected chi connectivity index (χ3v) is 3.23. The number of aromatic nitrogens is 2. The molecule has 2 aromatic rings. The van der Waals surface area contributed by atoms with Gasteiger partial charge in [0.2, 0.25) is 0 Å². The highest BCUT2D eigenvalue weighted by Gasteiger charge is 2.33. The third-order valence-electron chi connectivity index (χ3n) is 3.23. The van der Waals surface area contributed by atoms with Gasteiger partial charge in [-0.25, -0.2) is 0 Å². The normalized spacial score (nSPS) is 14.1. The van der Waals surface area contributed by atoms with Crippen molar-refractivity contribution in [1.82, 2.24) is 14.9 Å². The Balaban J connectivity index is 1.80. The molecule has 1 fully saturated rings. The van der Waals surface area contributed by atoms with Crippen LogP contribution in [0.3, 0.4) is 0 Å². The number of nitrogens with zero attached hydrogens (tertiary/aromatic N) is 3. The van der Waals surface area contributed by atoms with Gasteiger partial charge in [0.05, 0.1) is 12.2 Å². The minimum absolute atomic E-state index is 0.0653. The summed E-state index contributed by atoms with van der Waals surface area (Å²) >= 11 is 0. The van der Waals surface area contributed by atoms with Crippen LogP contribution < -0.4 is 0 Å². The van der Waals surface area contributed by atoms with Gasteiger partial charge in [-0.2, -0.15) is 0 Å². The van der Waals surface area contributed by atoms with Crippen LogP contribution in [-0.2, 0) is 6.54 Å². The summed E-state index contributed by atoms with van der Waals surface area (Å²) in [6.07, 6.45) is 7.24. The van der Waals surface area contributed by atoms with Crippen LogP contribution in [0.5, 0.6) is 0 Å². The number of hydrogen-bond donors (Lipinski definition) is 0. The van der Waals surface area contributed by atoms with Crippen molar-refractivity contribution in [3.05, 3.63) is 60.2 Å². The van der Waals surface area contributed by atoms with Crippen molar-refractivity contribution in [3.8, 4) is 0 Å². The van der Waals surface area contributed by atoms with Crippen molar-refractivity contribution in [2.24, 2.45) is 0 Å². The summed E-state index contributed by atoms with van der Waals surface area (Å²) in [4.78, 5) is 22.7. The lowest BCUT2D eigenvalue weighted by Gasteiger charge is -2.22. The van der Waals surface area contributed by atoms with Crippen LogP contribution >= 0.6 is 0 Å². The van der Waals surface area contributed by atoms with Crippen LogP contribution in [0, 0.1) is 0 Å². The van der Waals surface area contributed by atoms with Gasteiger partial charge in [-0.05, 0) is 37.1 Å². The number of carbonyl (C=O) groups is 1. The molecule has 0 bridgehead atoms. The SMILES string of the molecule is O=C(c1ccncc1)N(Cc1ccccn1)C1CC1. The Hall–Kier alpha value is -2.23. The van der Waals surface area contributed by atoms with Crippen LogP contribution in [0.25, 0.3) is 0 Å². The van der Waals surface area contributed by atoms with Gasteiger partial charge in [0, 0.05) is 30.2 Å². The molecule has 96 valence electrons. The molecule has 0 saturated heterocycles. The molecular formula is C15H15N3O. The van der Waals surface area contributed by atoms with Crippen molar-refractivity contribution in [1.29, 1.82) is 0 Å². The molecule has 4 heteroatoms. The largest absolute Gasteiger partial charge is 0.330 e. The Morgan fingerprint density at radius 3 is 2.58 bits per heavy atom. The zero-order valence-corrected chi connectivity index (χ0v) is 10.6. The Bertz CT molecular complexity index is 552. The van der Waals surface area contributed by atoms with E-state index in [4.69, 9.17) is 0 Å². The maximum absolute atomic E-state index is 12.5. The summed E-state index contributed by atoms with van der Waals surface area (Å²) in [5, 5.41) is 0. The standard InChI is InChI=1S/C15H15N3O/c19-15(12-6-9-16-10-7-12)18(14-4-5-14)11-13-3-1-2-8-17-13/h1-3,6-10,14H,4-5,11H2. The van der Waals surface area contributed by atoms with E-state index in [1.54, 1.807) is 30.7 Å². The summed E-state index contributed by atoms with van der Waals surface area (Å²) in [7, 11) is 0. The summed E-state index contributed by atoms with van der Waals surface area (Å²) in [6, 6.07) is 9.67. The Morgan fingerprint density at radius 2 is 1.95 bits per heavy atom. The lowest BCUT2D eigenvalue weighted by atomic mass is 10.2. The van der Waals surface area contributed by atoms with Gasteiger partial charge in [0.1, 0.15) is 0 Å². The molecule has 19 heavy (non-hydrogen) atoms. The van der Waals surface area contributed by atoms with E-state index >= 15 is 0 Å². The first-order valence-electron chi connectivity index (χ1n) is 6.45. The molecule has 1 saturated carbocycles. The van der Waals surface area contributed by atoms with Gasteiger partial charge >= 0.3 is 0 Å². The second-order valence-electron chi connectivity index (χ2n) is 4.72. The first-order valence-corrected chi connectivity index (χ1v) is 6.45. The first-order chi connectivity index (χ1) is 9.34. The molecule has 0 atom stereocenters. The number of amides is 1. The highest BCUT2D eigenvalue weighted by molar-refractivity contribution is 5.94. The van der Waals surface area contributed by atoms with Gasteiger partial charge in [-0.1, -0.05) is 6.07 Å². The van der Waals surface area contributed by atoms with Crippen molar-refractivity contribution in [2.75, 3.05) is 0 Å². The lowest BCUT2D eigenvalue weighted by Crippen LogP contribution is -2.32. The summed E-state index contributed by atoms with van der Waals surface area (Å²) in [5.41, 5.74) is 1.62. The Kier molecular flexibility index (Phi) is 3.23. The maximum atomic E-state index is 12.5. The Labute approximate surface area is 112 Å². The van der Waals surface area contributed by atoms with Crippen molar-refractivity contribution in [3.63, 3.8) is 0 Å². The average molecular weight is 253 g/mol. The average Bonchev–Trinajstić information content (AvgIpc) is 3.31. The fraction of sp³-hybridized carbons (Fsp3) is 0.267. The molecule has 4 nitrogen and oxygen atoms in total. The zero-order chi connectivity index (χ0) is 13.1. The monoisotopic (exact) mass is 253 g/mol. The first kappa shape index (κ1) is 11.8. The van der Waals surface area contributed by atoms with E-state index in [2.05, 4.69) is 9.97 Å². The van der Waals surface area contributed by atoms with Crippen LogP contribution in [0.1, 0.15) is 28.9 Å². The van der Waals surface area contributed by atoms with Crippen molar-refractivity contribution >= 4 is 5.91 Å². The number of carbonyl (C=O) groups excluding carboxylic acids is 1. The predicted molar refractivity (Wildman–Crippen MR) is 71.4 cm³/mol. The van der Waals surface area contributed by atoms with E-state index in [9.17, 15) is 4.79 Å². The van der Waals surface area contributed by atoms with E-state index < -0.39 is 0 Å². The van der Waals surface area contributed by atoms with Gasteiger partial charge in [-0.15, -0.1) is 0 Å². The second-order valence-corrected chi connectivity index (χ2v) is 4.72. The van der Waals surface area contributed by atoms with Gasteiger partial charge in [-0.3, -0.25) is 14.8 Å². The van der Waals surface area contributed by atoms with Crippen LogP contribution in [0.4, 0.5) is 0 Å². The molecule has 0 unspecified atom stereocenters. The van der Waals surface area contributed by atoms with Gasteiger partial charge < -0.3 is 4.90 Å². The van der Waals surface area contributed by atoms with Gasteiger partial charge in [0.15, 0.2) is 0 Å². The maximum Gasteiger partial charge on any atom is 0.254 e. The molecular weight excluding hydrogens is 238 g/mol. The smallest absolute Gasteiger partial charge is 0.254 e. The van der Waals surface area contributed by atoms with Crippen molar-refractivity contribution < 1.29 is 4.79 Å². The molecule has 1 aliphatic rings. The summed E-state index contributed by atoms with van der Waals surface area (Å²) in [6.45, 7) is 0.576. The molecule has 0 spiro atoms. The second kappa shape index (κ2) is 5.18. The quantitative estimate of drug-likeness (QED) is 0.839. The van der Waals surface area contributed by atoms with Crippen LogP contribution in [0.2, 0.25) is 0 Å². The molecule has 0 aromatic carbocycles. The highest BCUT2D eigenvalue weighted by atomic mass is 16.2. The molecule has 1 aliphatic carbocycles. The number of hydrogen-bond acceptors (Lipinski definition) is 3. The number of rotatable bonds is 4. The lowest BCUT2D eigenvalue weighted by molar-refractivity contribution is 0.0727. The fourth-order valence-corrected chi connectivity index (χ4v) is 2.08. The molecule has 0 radical (unpaired) electrons. The van der Waals surface area contributed by atoms with Crippen LogP contribution in [-0.4, -0.2) is 26.8 Å². The molecule has 1 amide bonds. The number of pyridine rings is 2. The van der Waals surface area contributed by atoms with E-state index in [0.29, 0.717) is 18.2 Å². The van der Waals surface area contributed by atoms with Crippen molar-refractivity contribution in [2.45, 2.75) is 25.4 Å². The molecule has 0 N–H and O–H groups in total. The minimum atomic E-state index is 0.0653. The molecule has 0 aliphatic heterocycles. The highest BCUT2D eigenvalue weighted by Crippen LogP contribution is 2.29. The van der Waals surface area contributed by atoms with E-state index in [0.717, 1.165) is 18.5 Å². The fourth-order valence-electron chi connectivity index (χ4n) is 2.08. The predicted octanol–water partition coefficient (Wildman–Crippen LogP) is 2.28. The molecule has 3 rings (SSSR count). The van der Waals surface area contributed by atoms with E-state index in [1.165, 1.54) is 0 Å². The third kappa shape index (κ3) is 2.78. The zero-order valence-electron chi connectivity index (χ0n) is 10.6. The van der Waals surface area contributed by atoms with E-state index in [1.807, 2.05) is 23.1 Å². The van der Waals surface area contributed by atoms with Crippen LogP contribution in [0.15, 0.2) is 48.9 Å². The molecule has 2 aromatic heterocycles. The molecule has 2 heterocycles. The van der Waals surface area contributed by atoms with E-state index in [-0.39, 0.29) is 5.91 Å². The summed E-state index contributed by atoms with van der Waals surface area (Å²) in [5.74, 6) is 0.0653.